The molecule has 3 heteroatoms. The van der Waals surface area contributed by atoms with E-state index in [0.717, 1.165) is 34.4 Å². The molecule has 218 valence electrons. The summed E-state index contributed by atoms with van der Waals surface area (Å²) in [7, 11) is 0. The predicted octanol–water partition coefficient (Wildman–Crippen LogP) is 11.6. The van der Waals surface area contributed by atoms with E-state index >= 15 is 0 Å². The number of nitrogens with one attached hydrogen (secondary N) is 2. The van der Waals surface area contributed by atoms with Gasteiger partial charge in [0.25, 0.3) is 0 Å². The van der Waals surface area contributed by atoms with Gasteiger partial charge in [-0.15, -0.1) is 0 Å². The van der Waals surface area contributed by atoms with E-state index in [-0.39, 0.29) is 0 Å². The van der Waals surface area contributed by atoms with Crippen molar-refractivity contribution in [3.05, 3.63) is 157 Å². The SMILES string of the molecule is C=C/C=C(\C)C/C=C/c1ccc2c(ccc3c4ccc(-c5c[nH]c(C(=N)/C=C\C)c5)cc4n(-c4cccc5ccccc45)c23)c1. The lowest BCUT2D eigenvalue weighted by Crippen LogP contribution is -1.96. The van der Waals surface area contributed by atoms with Crippen LogP contribution in [-0.4, -0.2) is 15.3 Å². The maximum atomic E-state index is 8.37. The fourth-order valence-electron chi connectivity index (χ4n) is 6.41. The van der Waals surface area contributed by atoms with Crippen molar-refractivity contribution in [3.8, 4) is 16.8 Å². The Hall–Kier alpha value is -5.67. The van der Waals surface area contributed by atoms with Gasteiger partial charge in [-0.2, -0.15) is 0 Å². The zero-order valence-electron chi connectivity index (χ0n) is 25.6. The molecule has 0 radical (unpaired) electrons. The first kappa shape index (κ1) is 28.1. The normalized spacial score (nSPS) is 12.4. The number of hydrogen-bond donors (Lipinski definition) is 2. The molecule has 0 aliphatic heterocycles. The molecule has 0 unspecified atom stereocenters. The molecule has 7 rings (SSSR count). The Bertz CT molecular complexity index is 2350. The van der Waals surface area contributed by atoms with E-state index < -0.39 is 0 Å². The van der Waals surface area contributed by atoms with Crippen LogP contribution in [0, 0.1) is 5.41 Å². The van der Waals surface area contributed by atoms with Crippen molar-refractivity contribution in [3.63, 3.8) is 0 Å². The van der Waals surface area contributed by atoms with E-state index in [1.54, 1.807) is 0 Å². The van der Waals surface area contributed by atoms with E-state index in [9.17, 15) is 0 Å². The molecule has 2 N–H and O–H groups in total. The maximum absolute atomic E-state index is 8.37. The van der Waals surface area contributed by atoms with E-state index in [4.69, 9.17) is 5.41 Å². The van der Waals surface area contributed by atoms with Crippen LogP contribution in [0.5, 0.6) is 0 Å². The average molecular weight is 582 g/mol. The number of H-pyrrole nitrogens is 1. The third-order valence-electron chi connectivity index (χ3n) is 8.57. The number of aromatic amines is 1. The third kappa shape index (κ3) is 5.13. The number of nitrogens with zero attached hydrogens (tertiary/aromatic N) is 1. The van der Waals surface area contributed by atoms with Gasteiger partial charge in [-0.05, 0) is 78.1 Å². The second-order valence-electron chi connectivity index (χ2n) is 11.6. The number of fused-ring (bicyclic) bond motifs is 6. The molecule has 0 fully saturated rings. The summed E-state index contributed by atoms with van der Waals surface area (Å²) in [5, 5.41) is 15.7. The zero-order valence-corrected chi connectivity index (χ0v) is 25.6. The van der Waals surface area contributed by atoms with Gasteiger partial charge < -0.3 is 9.55 Å². The molecule has 0 aliphatic carbocycles. The highest BCUT2D eigenvalue weighted by Gasteiger charge is 2.18. The molecule has 0 amide bonds. The minimum atomic E-state index is 0.471. The topological polar surface area (TPSA) is 44.6 Å². The van der Waals surface area contributed by atoms with Crippen LogP contribution in [0.2, 0.25) is 0 Å². The first-order chi connectivity index (χ1) is 22.1. The Balaban J connectivity index is 1.46. The lowest BCUT2D eigenvalue weighted by atomic mass is 10.0. The Labute approximate surface area is 263 Å². The second kappa shape index (κ2) is 11.8. The fraction of sp³-hybridized carbons (Fsp3) is 0.0714. The van der Waals surface area contributed by atoms with Gasteiger partial charge in [-0.1, -0.05) is 115 Å². The van der Waals surface area contributed by atoms with Crippen LogP contribution in [0.3, 0.4) is 0 Å². The summed E-state index contributed by atoms with van der Waals surface area (Å²) in [6, 6.07) is 35.3. The summed E-state index contributed by atoms with van der Waals surface area (Å²) in [5.41, 5.74) is 9.46. The standard InChI is InChI=1S/C42H35N3/c1-4-10-28(3)12-8-13-29-18-21-35-32(24-29)20-23-37-36-22-19-31(33-25-39(44-27-33)38(43)11-5-2)26-41(36)45(42(35)37)40-17-9-15-30-14-6-7-16-34(30)40/h4-11,13-27,43-44H,1,12H2,2-3H3/b11-5-,13-8+,28-10+,43-38?. The van der Waals surface area contributed by atoms with Crippen molar-refractivity contribution >= 4 is 55.1 Å². The monoisotopic (exact) mass is 581 g/mol. The predicted molar refractivity (Wildman–Crippen MR) is 195 cm³/mol. The first-order valence-corrected chi connectivity index (χ1v) is 15.4. The molecule has 0 atom stereocenters. The van der Waals surface area contributed by atoms with Crippen molar-refractivity contribution in [2.24, 2.45) is 0 Å². The summed E-state index contributed by atoms with van der Waals surface area (Å²) in [6.45, 7) is 7.87. The van der Waals surface area contributed by atoms with E-state index in [0.29, 0.717) is 5.71 Å². The van der Waals surface area contributed by atoms with Gasteiger partial charge in [0, 0.05) is 27.7 Å². The summed E-state index contributed by atoms with van der Waals surface area (Å²) in [4.78, 5) is 3.29. The van der Waals surface area contributed by atoms with Gasteiger partial charge in [0.15, 0.2) is 0 Å². The lowest BCUT2D eigenvalue weighted by Gasteiger charge is -2.13. The maximum Gasteiger partial charge on any atom is 0.0771 e. The Morgan fingerprint density at radius 2 is 1.64 bits per heavy atom. The van der Waals surface area contributed by atoms with Crippen molar-refractivity contribution in [1.82, 2.24) is 9.55 Å². The van der Waals surface area contributed by atoms with Crippen LogP contribution in [0.4, 0.5) is 0 Å². The fourth-order valence-corrected chi connectivity index (χ4v) is 6.41. The molecule has 0 aliphatic rings. The minimum Gasteiger partial charge on any atom is -0.359 e. The Morgan fingerprint density at radius 3 is 2.51 bits per heavy atom. The molecule has 2 heterocycles. The first-order valence-electron chi connectivity index (χ1n) is 15.4. The third-order valence-corrected chi connectivity index (χ3v) is 8.57. The van der Waals surface area contributed by atoms with Crippen LogP contribution in [0.25, 0.3) is 66.2 Å². The molecular formula is C42H35N3. The van der Waals surface area contributed by atoms with Gasteiger partial charge in [0.1, 0.15) is 0 Å². The molecular weight excluding hydrogens is 546 g/mol. The number of benzene rings is 5. The molecule has 0 bridgehead atoms. The smallest absolute Gasteiger partial charge is 0.0771 e. The molecule has 5 aromatic carbocycles. The van der Waals surface area contributed by atoms with Crippen molar-refractivity contribution < 1.29 is 0 Å². The molecule has 2 aromatic heterocycles. The van der Waals surface area contributed by atoms with Crippen molar-refractivity contribution in [2.45, 2.75) is 20.3 Å². The molecule has 0 saturated carbocycles. The molecule has 0 saturated heterocycles. The van der Waals surface area contributed by atoms with Crippen molar-refractivity contribution in [2.75, 3.05) is 0 Å². The highest BCUT2D eigenvalue weighted by Crippen LogP contribution is 2.40. The summed E-state index contributed by atoms with van der Waals surface area (Å²) >= 11 is 0. The zero-order chi connectivity index (χ0) is 30.9. The Kier molecular flexibility index (Phi) is 7.36. The number of rotatable bonds is 8. The summed E-state index contributed by atoms with van der Waals surface area (Å²) in [5.74, 6) is 0. The largest absolute Gasteiger partial charge is 0.359 e. The van der Waals surface area contributed by atoms with E-state index in [2.05, 4.69) is 138 Å². The minimum absolute atomic E-state index is 0.471. The van der Waals surface area contributed by atoms with Crippen LogP contribution >= 0.6 is 0 Å². The molecule has 3 nitrogen and oxygen atoms in total. The second-order valence-corrected chi connectivity index (χ2v) is 11.6. The summed E-state index contributed by atoms with van der Waals surface area (Å²) < 4.78 is 2.45. The quantitative estimate of drug-likeness (QED) is 0.132. The Morgan fingerprint density at radius 1 is 0.822 bits per heavy atom. The number of aromatic nitrogens is 2. The van der Waals surface area contributed by atoms with Gasteiger partial charge in [-0.25, -0.2) is 0 Å². The van der Waals surface area contributed by atoms with Crippen molar-refractivity contribution in [1.29, 1.82) is 5.41 Å². The van der Waals surface area contributed by atoms with E-state index in [1.807, 2.05) is 31.3 Å². The van der Waals surface area contributed by atoms with Crippen LogP contribution < -0.4 is 0 Å². The van der Waals surface area contributed by atoms with Crippen LogP contribution in [0.15, 0.2) is 146 Å². The lowest BCUT2D eigenvalue weighted by molar-refractivity contribution is 1.20. The van der Waals surface area contributed by atoms with Gasteiger partial charge in [0.2, 0.25) is 0 Å². The van der Waals surface area contributed by atoms with Crippen LogP contribution in [0.1, 0.15) is 31.5 Å². The highest BCUT2D eigenvalue weighted by molar-refractivity contribution is 6.20. The van der Waals surface area contributed by atoms with Gasteiger partial charge >= 0.3 is 0 Å². The number of hydrogen-bond acceptors (Lipinski definition) is 1. The summed E-state index contributed by atoms with van der Waals surface area (Å²) in [6.07, 6.45) is 14.9. The molecule has 0 spiro atoms. The van der Waals surface area contributed by atoms with E-state index in [1.165, 1.54) is 49.0 Å². The van der Waals surface area contributed by atoms with Gasteiger partial charge in [0.05, 0.1) is 28.1 Å². The van der Waals surface area contributed by atoms with Crippen LogP contribution in [-0.2, 0) is 0 Å². The molecule has 7 aromatic rings. The number of allylic oxidation sites excluding steroid dienone is 6. The molecule has 45 heavy (non-hydrogen) atoms. The average Bonchev–Trinajstić information content (AvgIpc) is 3.68. The highest BCUT2D eigenvalue weighted by atomic mass is 15.0. The van der Waals surface area contributed by atoms with Gasteiger partial charge in [-0.3, -0.25) is 5.41 Å².